The molecule has 1 aliphatic rings. The van der Waals surface area contributed by atoms with Crippen LogP contribution < -0.4 is 10.6 Å². The second kappa shape index (κ2) is 11.9. The van der Waals surface area contributed by atoms with Gasteiger partial charge in [-0.25, -0.2) is 4.39 Å². The van der Waals surface area contributed by atoms with E-state index in [0.717, 1.165) is 0 Å². The Hall–Kier alpha value is -2.52. The Morgan fingerprint density at radius 1 is 1.03 bits per heavy atom. The lowest BCUT2D eigenvalue weighted by Gasteiger charge is -2.12. The van der Waals surface area contributed by atoms with Crippen molar-refractivity contribution in [1.29, 1.82) is 0 Å². The molecule has 2 atom stereocenters. The Morgan fingerprint density at radius 2 is 1.56 bits per heavy atom. The molecule has 0 bridgehead atoms. The van der Waals surface area contributed by atoms with E-state index in [9.17, 15) is 14.0 Å². The van der Waals surface area contributed by atoms with Crippen LogP contribution in [-0.2, 0) is 4.74 Å². The highest BCUT2D eigenvalue weighted by atomic mass is 35.5. The summed E-state index contributed by atoms with van der Waals surface area (Å²) in [4.78, 5) is 24.2. The van der Waals surface area contributed by atoms with Gasteiger partial charge in [-0.3, -0.25) is 9.59 Å². The SMILES string of the molecule is CC(C)(O)O.O=C(NCC1COC(CNC(=O)c2ccccc2Cl)C1)c1ccccc1F. The molecule has 1 fully saturated rings. The second-order valence-corrected chi connectivity index (χ2v) is 8.34. The van der Waals surface area contributed by atoms with Crippen molar-refractivity contribution in [2.75, 3.05) is 19.7 Å². The second-order valence-electron chi connectivity index (χ2n) is 7.93. The molecule has 32 heavy (non-hydrogen) atoms. The van der Waals surface area contributed by atoms with Crippen LogP contribution in [0.1, 0.15) is 41.0 Å². The fraction of sp³-hybridized carbons (Fsp3) is 0.391. The zero-order chi connectivity index (χ0) is 23.7. The number of carbonyl (C=O) groups excluding carboxylic acids is 2. The highest BCUT2D eigenvalue weighted by molar-refractivity contribution is 6.33. The minimum Gasteiger partial charge on any atom is -0.376 e. The molecular formula is C23H28ClFN2O5. The van der Waals surface area contributed by atoms with E-state index in [1.54, 1.807) is 36.4 Å². The van der Waals surface area contributed by atoms with Gasteiger partial charge in [0.1, 0.15) is 5.82 Å². The number of nitrogens with one attached hydrogen (secondary N) is 2. The number of hydrogen-bond acceptors (Lipinski definition) is 5. The first-order valence-electron chi connectivity index (χ1n) is 10.2. The van der Waals surface area contributed by atoms with E-state index in [1.807, 2.05) is 0 Å². The number of amides is 2. The predicted molar refractivity (Wildman–Crippen MR) is 119 cm³/mol. The molecule has 0 radical (unpaired) electrons. The fourth-order valence-electron chi connectivity index (χ4n) is 2.99. The van der Waals surface area contributed by atoms with Gasteiger partial charge < -0.3 is 25.6 Å². The Bertz CT molecular complexity index is 846. The van der Waals surface area contributed by atoms with Crippen molar-refractivity contribution in [3.8, 4) is 0 Å². The number of aliphatic hydroxyl groups is 2. The third-order valence-corrected chi connectivity index (χ3v) is 4.77. The number of ether oxygens (including phenoxy) is 1. The summed E-state index contributed by atoms with van der Waals surface area (Å²) in [5, 5.41) is 22.1. The van der Waals surface area contributed by atoms with Crippen molar-refractivity contribution in [3.05, 3.63) is 70.5 Å². The van der Waals surface area contributed by atoms with Gasteiger partial charge in [0.05, 0.1) is 28.9 Å². The van der Waals surface area contributed by atoms with Crippen LogP contribution in [0.5, 0.6) is 0 Å². The lowest BCUT2D eigenvalue weighted by Crippen LogP contribution is -2.33. The number of carbonyl (C=O) groups is 2. The smallest absolute Gasteiger partial charge is 0.254 e. The van der Waals surface area contributed by atoms with Crippen LogP contribution >= 0.6 is 11.6 Å². The maximum absolute atomic E-state index is 13.6. The third kappa shape index (κ3) is 8.92. The fourth-order valence-corrected chi connectivity index (χ4v) is 3.21. The first kappa shape index (κ1) is 25.7. The van der Waals surface area contributed by atoms with Crippen molar-refractivity contribution in [2.24, 2.45) is 5.92 Å². The Kier molecular flexibility index (Phi) is 9.59. The number of benzene rings is 2. The summed E-state index contributed by atoms with van der Waals surface area (Å²) in [6, 6.07) is 12.7. The van der Waals surface area contributed by atoms with Crippen molar-refractivity contribution < 1.29 is 28.9 Å². The first-order chi connectivity index (χ1) is 15.0. The molecule has 2 amide bonds. The normalized spacial score (nSPS) is 17.8. The summed E-state index contributed by atoms with van der Waals surface area (Å²) < 4.78 is 19.3. The monoisotopic (exact) mass is 466 g/mol. The van der Waals surface area contributed by atoms with Crippen LogP contribution in [0, 0.1) is 11.7 Å². The number of rotatable bonds is 6. The average Bonchev–Trinajstić information content (AvgIpc) is 3.17. The molecule has 3 rings (SSSR count). The molecular weight excluding hydrogens is 439 g/mol. The summed E-state index contributed by atoms with van der Waals surface area (Å²) >= 11 is 6.01. The van der Waals surface area contributed by atoms with Crippen molar-refractivity contribution >= 4 is 23.4 Å². The van der Waals surface area contributed by atoms with Crippen LogP contribution in [0.25, 0.3) is 0 Å². The van der Waals surface area contributed by atoms with Crippen LogP contribution in [0.3, 0.4) is 0 Å². The number of halogens is 2. The molecule has 2 aromatic rings. The van der Waals surface area contributed by atoms with Crippen molar-refractivity contribution in [3.63, 3.8) is 0 Å². The molecule has 1 aliphatic heterocycles. The molecule has 0 spiro atoms. The van der Waals surface area contributed by atoms with E-state index in [2.05, 4.69) is 10.6 Å². The maximum Gasteiger partial charge on any atom is 0.254 e. The minimum absolute atomic E-state index is 0.0277. The first-order valence-corrected chi connectivity index (χ1v) is 10.5. The Labute approximate surface area is 191 Å². The van der Waals surface area contributed by atoms with Crippen LogP contribution in [0.15, 0.2) is 48.5 Å². The van der Waals surface area contributed by atoms with Gasteiger partial charge in [0.25, 0.3) is 11.8 Å². The standard InChI is InChI=1S/C20H20ClFN2O3.C3H8O2/c21-17-7-3-1-5-15(17)19(25)24-11-14-9-13(12-27-14)10-23-20(26)16-6-2-4-8-18(16)22;1-3(2,4)5/h1-8,13-14H,9-12H2,(H,23,26)(H,24,25);4-5H,1-2H3. The van der Waals surface area contributed by atoms with Gasteiger partial charge in [-0.15, -0.1) is 0 Å². The van der Waals surface area contributed by atoms with Gasteiger partial charge in [0.2, 0.25) is 0 Å². The molecule has 0 saturated carbocycles. The van der Waals surface area contributed by atoms with Crippen LogP contribution in [0.2, 0.25) is 5.02 Å². The third-order valence-electron chi connectivity index (χ3n) is 4.44. The lowest BCUT2D eigenvalue weighted by atomic mass is 10.1. The number of hydrogen-bond donors (Lipinski definition) is 4. The van der Waals surface area contributed by atoms with Gasteiger partial charge >= 0.3 is 0 Å². The summed E-state index contributed by atoms with van der Waals surface area (Å²) in [5.41, 5.74) is 0.450. The van der Waals surface area contributed by atoms with Gasteiger partial charge in [-0.05, 0) is 44.5 Å². The lowest BCUT2D eigenvalue weighted by molar-refractivity contribution is -0.127. The van der Waals surface area contributed by atoms with Crippen LogP contribution in [-0.4, -0.2) is 53.6 Å². The molecule has 1 saturated heterocycles. The largest absolute Gasteiger partial charge is 0.376 e. The van der Waals surface area contributed by atoms with E-state index in [1.165, 1.54) is 26.0 Å². The van der Waals surface area contributed by atoms with Gasteiger partial charge in [0.15, 0.2) is 5.79 Å². The van der Waals surface area contributed by atoms with E-state index in [-0.39, 0.29) is 23.5 Å². The van der Waals surface area contributed by atoms with E-state index in [0.29, 0.717) is 36.7 Å². The summed E-state index contributed by atoms with van der Waals surface area (Å²) in [7, 11) is 0. The topological polar surface area (TPSA) is 108 Å². The van der Waals surface area contributed by atoms with Gasteiger partial charge in [-0.1, -0.05) is 35.9 Å². The van der Waals surface area contributed by atoms with E-state index < -0.39 is 17.5 Å². The Balaban J connectivity index is 0.000000654. The molecule has 1 heterocycles. The molecule has 9 heteroatoms. The van der Waals surface area contributed by atoms with E-state index in [4.69, 9.17) is 26.6 Å². The summed E-state index contributed by atoms with van der Waals surface area (Å²) in [6.07, 6.45) is 0.562. The van der Waals surface area contributed by atoms with Gasteiger partial charge in [0, 0.05) is 19.0 Å². The van der Waals surface area contributed by atoms with Crippen molar-refractivity contribution in [1.82, 2.24) is 10.6 Å². The molecule has 7 nitrogen and oxygen atoms in total. The molecule has 2 unspecified atom stereocenters. The maximum atomic E-state index is 13.6. The molecule has 2 aromatic carbocycles. The summed E-state index contributed by atoms with van der Waals surface area (Å²) in [6.45, 7) is 3.83. The molecule has 0 aromatic heterocycles. The minimum atomic E-state index is -1.50. The van der Waals surface area contributed by atoms with E-state index >= 15 is 0 Å². The molecule has 174 valence electrons. The zero-order valence-electron chi connectivity index (χ0n) is 18.0. The van der Waals surface area contributed by atoms with Gasteiger partial charge in [-0.2, -0.15) is 0 Å². The molecule has 4 N–H and O–H groups in total. The highest BCUT2D eigenvalue weighted by Gasteiger charge is 2.26. The Morgan fingerprint density at radius 3 is 2.19 bits per heavy atom. The van der Waals surface area contributed by atoms with Crippen LogP contribution in [0.4, 0.5) is 4.39 Å². The zero-order valence-corrected chi connectivity index (χ0v) is 18.7. The summed E-state index contributed by atoms with van der Waals surface area (Å²) in [5.74, 6) is -2.62. The quantitative estimate of drug-likeness (QED) is 0.490. The average molecular weight is 467 g/mol. The highest BCUT2D eigenvalue weighted by Crippen LogP contribution is 2.19. The molecule has 0 aliphatic carbocycles. The van der Waals surface area contributed by atoms with Crippen molar-refractivity contribution in [2.45, 2.75) is 32.2 Å². The predicted octanol–water partition coefficient (Wildman–Crippen LogP) is 2.75.